The van der Waals surface area contributed by atoms with Crippen molar-refractivity contribution in [1.82, 2.24) is 9.80 Å². The number of aliphatic hydroxyl groups excluding tert-OH is 1. The lowest BCUT2D eigenvalue weighted by atomic mass is 9.97. The number of hydrogen-bond acceptors (Lipinski definition) is 3. The summed E-state index contributed by atoms with van der Waals surface area (Å²) in [6.07, 6.45) is 4.29. The quantitative estimate of drug-likeness (QED) is 0.843. The van der Waals surface area contributed by atoms with Crippen LogP contribution in [-0.4, -0.2) is 58.6 Å². The largest absolute Gasteiger partial charge is 0.396 e. The second-order valence-electron chi connectivity index (χ2n) is 6.35. The molecule has 2 rings (SSSR count). The van der Waals surface area contributed by atoms with Gasteiger partial charge in [0, 0.05) is 31.8 Å². The van der Waals surface area contributed by atoms with Crippen molar-refractivity contribution in [1.29, 1.82) is 0 Å². The molecule has 4 heteroatoms. The van der Waals surface area contributed by atoms with Gasteiger partial charge in [0.15, 0.2) is 0 Å². The van der Waals surface area contributed by atoms with Crippen molar-refractivity contribution >= 4 is 5.91 Å². The normalized spacial score (nSPS) is 31.7. The Morgan fingerprint density at radius 1 is 1.16 bits per heavy atom. The molecule has 3 unspecified atom stereocenters. The molecule has 2 aliphatic rings. The van der Waals surface area contributed by atoms with E-state index < -0.39 is 0 Å². The number of likely N-dealkylation sites (tertiary alicyclic amines) is 2. The Labute approximate surface area is 116 Å². The van der Waals surface area contributed by atoms with E-state index in [-0.39, 0.29) is 18.6 Å². The van der Waals surface area contributed by atoms with Gasteiger partial charge in [0.25, 0.3) is 0 Å². The summed E-state index contributed by atoms with van der Waals surface area (Å²) in [6, 6.07) is 1.03. The number of hydrogen-bond donors (Lipinski definition) is 1. The average molecular weight is 268 g/mol. The maximum atomic E-state index is 12.6. The number of amides is 1. The van der Waals surface area contributed by atoms with Crippen LogP contribution in [0.1, 0.15) is 46.5 Å². The molecule has 1 N–H and O–H groups in total. The van der Waals surface area contributed by atoms with Gasteiger partial charge in [0.05, 0.1) is 6.04 Å². The summed E-state index contributed by atoms with van der Waals surface area (Å²) < 4.78 is 0. The van der Waals surface area contributed by atoms with Crippen LogP contribution in [-0.2, 0) is 4.79 Å². The predicted octanol–water partition coefficient (Wildman–Crippen LogP) is 1.48. The van der Waals surface area contributed by atoms with Gasteiger partial charge in [-0.25, -0.2) is 0 Å². The van der Waals surface area contributed by atoms with E-state index in [2.05, 4.69) is 25.7 Å². The van der Waals surface area contributed by atoms with Crippen LogP contribution in [0.2, 0.25) is 0 Å². The van der Waals surface area contributed by atoms with Crippen LogP contribution in [0.3, 0.4) is 0 Å². The van der Waals surface area contributed by atoms with Crippen LogP contribution in [0.5, 0.6) is 0 Å². The van der Waals surface area contributed by atoms with Crippen LogP contribution < -0.4 is 0 Å². The third kappa shape index (κ3) is 3.11. The molecule has 2 saturated heterocycles. The van der Waals surface area contributed by atoms with E-state index in [9.17, 15) is 4.79 Å². The van der Waals surface area contributed by atoms with Crippen LogP contribution >= 0.6 is 0 Å². The van der Waals surface area contributed by atoms with Crippen molar-refractivity contribution in [2.24, 2.45) is 5.92 Å². The average Bonchev–Trinajstić information content (AvgIpc) is 2.77. The first kappa shape index (κ1) is 14.8. The Morgan fingerprint density at radius 3 is 2.16 bits per heavy atom. The van der Waals surface area contributed by atoms with E-state index >= 15 is 0 Å². The van der Waals surface area contributed by atoms with Crippen molar-refractivity contribution < 1.29 is 9.90 Å². The number of piperidine rings is 1. The lowest BCUT2D eigenvalue weighted by Gasteiger charge is -2.38. The molecule has 0 bridgehead atoms. The van der Waals surface area contributed by atoms with Crippen LogP contribution in [0, 0.1) is 5.92 Å². The zero-order valence-electron chi connectivity index (χ0n) is 12.5. The van der Waals surface area contributed by atoms with Gasteiger partial charge in [-0.15, -0.1) is 0 Å². The molecule has 0 saturated carbocycles. The second kappa shape index (κ2) is 6.23. The monoisotopic (exact) mass is 268 g/mol. The maximum Gasteiger partial charge on any atom is 0.239 e. The molecule has 3 atom stereocenters. The Morgan fingerprint density at radius 2 is 1.68 bits per heavy atom. The summed E-state index contributed by atoms with van der Waals surface area (Å²) in [4.78, 5) is 17.0. The van der Waals surface area contributed by atoms with Crippen molar-refractivity contribution in [2.75, 3.05) is 19.7 Å². The molecule has 0 aromatic heterocycles. The summed E-state index contributed by atoms with van der Waals surface area (Å²) in [5.41, 5.74) is 0. The fourth-order valence-corrected chi connectivity index (χ4v) is 3.71. The van der Waals surface area contributed by atoms with E-state index in [1.807, 2.05) is 4.90 Å². The summed E-state index contributed by atoms with van der Waals surface area (Å²) >= 11 is 0. The molecular weight excluding hydrogens is 240 g/mol. The minimum atomic E-state index is -0.00169. The van der Waals surface area contributed by atoms with Gasteiger partial charge in [-0.05, 0) is 52.4 Å². The molecule has 0 aromatic rings. The second-order valence-corrected chi connectivity index (χ2v) is 6.35. The maximum absolute atomic E-state index is 12.6. The predicted molar refractivity (Wildman–Crippen MR) is 75.8 cm³/mol. The number of aliphatic hydroxyl groups is 1. The Bertz CT molecular complexity index is 303. The van der Waals surface area contributed by atoms with Gasteiger partial charge in [-0.2, -0.15) is 0 Å². The van der Waals surface area contributed by atoms with E-state index in [1.54, 1.807) is 0 Å². The van der Waals surface area contributed by atoms with Crippen LogP contribution in [0.25, 0.3) is 0 Å². The van der Waals surface area contributed by atoms with Crippen molar-refractivity contribution in [3.63, 3.8) is 0 Å². The highest BCUT2D eigenvalue weighted by atomic mass is 16.3. The molecule has 0 aromatic carbocycles. The first-order valence-electron chi connectivity index (χ1n) is 7.71. The fraction of sp³-hybridized carbons (Fsp3) is 0.933. The number of rotatable bonds is 3. The fourth-order valence-electron chi connectivity index (χ4n) is 3.71. The van der Waals surface area contributed by atoms with Gasteiger partial charge in [0.2, 0.25) is 5.91 Å². The third-order valence-corrected chi connectivity index (χ3v) is 5.01. The summed E-state index contributed by atoms with van der Waals surface area (Å²) in [5, 5.41) is 9.16. The van der Waals surface area contributed by atoms with Gasteiger partial charge in [-0.1, -0.05) is 0 Å². The highest BCUT2D eigenvalue weighted by Crippen LogP contribution is 2.27. The van der Waals surface area contributed by atoms with Crippen molar-refractivity contribution in [3.8, 4) is 0 Å². The topological polar surface area (TPSA) is 43.8 Å². The zero-order chi connectivity index (χ0) is 14.0. The molecule has 2 fully saturated rings. The molecule has 4 nitrogen and oxygen atoms in total. The van der Waals surface area contributed by atoms with E-state index in [1.165, 1.54) is 12.8 Å². The molecule has 1 amide bonds. The lowest BCUT2D eigenvalue weighted by Crippen LogP contribution is -2.52. The first-order valence-corrected chi connectivity index (χ1v) is 7.71. The Balaban J connectivity index is 1.92. The number of nitrogens with zero attached hydrogens (tertiary/aromatic N) is 2. The number of carbonyl (C=O) groups excluding carboxylic acids is 1. The molecule has 0 radical (unpaired) electrons. The Kier molecular flexibility index (Phi) is 4.85. The van der Waals surface area contributed by atoms with Crippen molar-refractivity contribution in [2.45, 2.75) is 64.6 Å². The zero-order valence-corrected chi connectivity index (χ0v) is 12.5. The smallest absolute Gasteiger partial charge is 0.239 e. The third-order valence-electron chi connectivity index (χ3n) is 5.01. The van der Waals surface area contributed by atoms with E-state index in [0.717, 1.165) is 25.9 Å². The van der Waals surface area contributed by atoms with Crippen molar-refractivity contribution in [3.05, 3.63) is 0 Å². The minimum Gasteiger partial charge on any atom is -0.396 e. The van der Waals surface area contributed by atoms with Crippen LogP contribution in [0.15, 0.2) is 0 Å². The van der Waals surface area contributed by atoms with E-state index in [0.29, 0.717) is 18.0 Å². The van der Waals surface area contributed by atoms with E-state index in [4.69, 9.17) is 5.11 Å². The molecule has 0 spiro atoms. The summed E-state index contributed by atoms with van der Waals surface area (Å²) in [5.74, 6) is 0.668. The minimum absolute atomic E-state index is 0.00169. The Hall–Kier alpha value is -0.610. The van der Waals surface area contributed by atoms with Gasteiger partial charge in [-0.3, -0.25) is 9.69 Å². The van der Waals surface area contributed by atoms with Gasteiger partial charge in [0.1, 0.15) is 0 Å². The molecule has 19 heavy (non-hydrogen) atoms. The highest BCUT2D eigenvalue weighted by Gasteiger charge is 2.36. The number of carbonyl (C=O) groups is 1. The van der Waals surface area contributed by atoms with Gasteiger partial charge < -0.3 is 10.0 Å². The van der Waals surface area contributed by atoms with Crippen LogP contribution in [0.4, 0.5) is 0 Å². The lowest BCUT2D eigenvalue weighted by molar-refractivity contribution is -0.139. The molecule has 2 heterocycles. The molecule has 2 aliphatic heterocycles. The molecule has 0 aliphatic carbocycles. The summed E-state index contributed by atoms with van der Waals surface area (Å²) in [7, 11) is 0. The SMILES string of the molecule is CC1CCC(C)N1C(C)C(=O)N1CCC(CO)CC1. The molecule has 110 valence electrons. The standard InChI is InChI=1S/C15H28N2O2/c1-11-4-5-12(2)17(11)13(3)15(19)16-8-6-14(10-18)7-9-16/h11-14,18H,4-10H2,1-3H3. The first-order chi connectivity index (χ1) is 9.04. The molecular formula is C15H28N2O2. The highest BCUT2D eigenvalue weighted by molar-refractivity contribution is 5.81. The van der Waals surface area contributed by atoms with Gasteiger partial charge >= 0.3 is 0 Å². The summed E-state index contributed by atoms with van der Waals surface area (Å²) in [6.45, 7) is 8.39.